The van der Waals surface area contributed by atoms with E-state index in [2.05, 4.69) is 0 Å². The number of hydrogen-bond acceptors (Lipinski definition) is 4. The van der Waals surface area contributed by atoms with Gasteiger partial charge in [-0.2, -0.15) is 0 Å². The average Bonchev–Trinajstić information content (AvgIpc) is 2.59. The number of rotatable bonds is 2. The van der Waals surface area contributed by atoms with Crippen LogP contribution < -0.4 is 9.47 Å². The van der Waals surface area contributed by atoms with E-state index in [9.17, 15) is 9.59 Å². The molecule has 2 amide bonds. The summed E-state index contributed by atoms with van der Waals surface area (Å²) in [5, 5.41) is 0. The van der Waals surface area contributed by atoms with Crippen molar-refractivity contribution in [1.29, 1.82) is 0 Å². The van der Waals surface area contributed by atoms with E-state index in [-0.39, 0.29) is 23.9 Å². The van der Waals surface area contributed by atoms with E-state index in [1.54, 1.807) is 0 Å². The van der Waals surface area contributed by atoms with Crippen LogP contribution in [0.1, 0.15) is 40.2 Å². The molecule has 1 saturated heterocycles. The Morgan fingerprint density at radius 1 is 1.04 bits per heavy atom. The Hall–Kier alpha value is -2.24. The molecule has 27 heavy (non-hydrogen) atoms. The zero-order chi connectivity index (χ0) is 19.8. The Bertz CT molecular complexity index is 713. The molecule has 1 aromatic rings. The number of benzene rings is 1. The van der Waals surface area contributed by atoms with Gasteiger partial charge in [0.2, 0.25) is 11.8 Å². The first kappa shape index (κ1) is 19.5. The molecule has 2 atom stereocenters. The van der Waals surface area contributed by atoms with Crippen molar-refractivity contribution in [3.63, 3.8) is 0 Å². The van der Waals surface area contributed by atoms with Crippen LogP contribution in [0, 0.1) is 5.41 Å². The number of piperazine rings is 1. The Balaban J connectivity index is 1.67. The van der Waals surface area contributed by atoms with Gasteiger partial charge < -0.3 is 19.3 Å². The molecule has 0 aromatic heterocycles. The highest BCUT2D eigenvalue weighted by atomic mass is 16.6. The van der Waals surface area contributed by atoms with Gasteiger partial charge in [0.1, 0.15) is 13.2 Å². The Labute approximate surface area is 161 Å². The molecular weight excluding hydrogens is 344 g/mol. The summed E-state index contributed by atoms with van der Waals surface area (Å²) in [7, 11) is 0. The van der Waals surface area contributed by atoms with Gasteiger partial charge in [0.25, 0.3) is 0 Å². The summed E-state index contributed by atoms with van der Waals surface area (Å²) in [5.74, 6) is 1.65. The van der Waals surface area contributed by atoms with Crippen LogP contribution in [0.25, 0.3) is 0 Å². The predicted octanol–water partition coefficient (Wildman–Crippen LogP) is 2.49. The number of amides is 2. The second kappa shape index (κ2) is 7.41. The molecule has 148 valence electrons. The number of ether oxygens (including phenoxy) is 2. The Morgan fingerprint density at radius 2 is 1.63 bits per heavy atom. The number of carbonyl (C=O) groups is 2. The van der Waals surface area contributed by atoms with E-state index in [0.29, 0.717) is 38.5 Å². The van der Waals surface area contributed by atoms with Crippen LogP contribution in [-0.2, 0) is 16.0 Å². The molecule has 0 N–H and O–H groups in total. The van der Waals surface area contributed by atoms with Gasteiger partial charge in [0, 0.05) is 30.6 Å². The van der Waals surface area contributed by atoms with Crippen LogP contribution in [-0.4, -0.2) is 60.0 Å². The molecule has 2 aliphatic heterocycles. The summed E-state index contributed by atoms with van der Waals surface area (Å²) in [5.41, 5.74) is 0.508. The molecule has 0 saturated carbocycles. The maximum absolute atomic E-state index is 13.0. The van der Waals surface area contributed by atoms with Gasteiger partial charge in [-0.1, -0.05) is 26.8 Å². The highest BCUT2D eigenvalue weighted by Crippen LogP contribution is 2.31. The van der Waals surface area contributed by atoms with Crippen LogP contribution >= 0.6 is 0 Å². The largest absolute Gasteiger partial charge is 0.486 e. The van der Waals surface area contributed by atoms with Crippen molar-refractivity contribution in [2.75, 3.05) is 26.3 Å². The lowest BCUT2D eigenvalue weighted by molar-refractivity contribution is -0.150. The molecule has 2 heterocycles. The monoisotopic (exact) mass is 374 g/mol. The molecule has 0 spiro atoms. The van der Waals surface area contributed by atoms with Crippen LogP contribution in [0.5, 0.6) is 11.5 Å². The molecule has 1 aromatic carbocycles. The summed E-state index contributed by atoms with van der Waals surface area (Å²) in [4.78, 5) is 29.4. The van der Waals surface area contributed by atoms with Crippen molar-refractivity contribution < 1.29 is 19.1 Å². The Morgan fingerprint density at radius 3 is 2.22 bits per heavy atom. The normalized spacial score (nSPS) is 22.6. The minimum atomic E-state index is -0.406. The lowest BCUT2D eigenvalue weighted by Crippen LogP contribution is -2.61. The summed E-state index contributed by atoms with van der Waals surface area (Å²) in [6.07, 6.45) is 0.318. The van der Waals surface area contributed by atoms with Gasteiger partial charge in [0.15, 0.2) is 11.5 Å². The predicted molar refractivity (Wildman–Crippen MR) is 103 cm³/mol. The van der Waals surface area contributed by atoms with E-state index < -0.39 is 5.41 Å². The van der Waals surface area contributed by atoms with Gasteiger partial charge in [0.05, 0.1) is 6.42 Å². The first-order valence-corrected chi connectivity index (χ1v) is 9.66. The summed E-state index contributed by atoms with van der Waals surface area (Å²) in [6.45, 7) is 12.1. The standard InChI is InChI=1S/C21H30N2O4/c1-14-12-22(20(25)21(3,4)5)13-15(2)23(14)19(24)11-16-6-7-17-18(10-16)27-9-8-26-17/h6-7,10,14-15H,8-9,11-13H2,1-5H3/t14-,15+. The fourth-order valence-corrected chi connectivity index (χ4v) is 3.92. The van der Waals surface area contributed by atoms with Crippen molar-refractivity contribution in [2.24, 2.45) is 5.41 Å². The molecular formula is C21H30N2O4. The minimum Gasteiger partial charge on any atom is -0.486 e. The lowest BCUT2D eigenvalue weighted by atomic mass is 9.93. The van der Waals surface area contributed by atoms with Crippen molar-refractivity contribution in [3.8, 4) is 11.5 Å². The third-order valence-electron chi connectivity index (χ3n) is 5.10. The van der Waals surface area contributed by atoms with Crippen molar-refractivity contribution in [2.45, 2.75) is 53.1 Å². The van der Waals surface area contributed by atoms with Crippen molar-refractivity contribution >= 4 is 11.8 Å². The van der Waals surface area contributed by atoms with Crippen molar-refractivity contribution in [1.82, 2.24) is 9.80 Å². The zero-order valence-corrected chi connectivity index (χ0v) is 16.9. The highest BCUT2D eigenvalue weighted by Gasteiger charge is 2.37. The van der Waals surface area contributed by atoms with Crippen LogP contribution in [0.4, 0.5) is 0 Å². The lowest BCUT2D eigenvalue weighted by Gasteiger charge is -2.46. The van der Waals surface area contributed by atoms with E-state index in [0.717, 1.165) is 11.3 Å². The van der Waals surface area contributed by atoms with Crippen LogP contribution in [0.15, 0.2) is 18.2 Å². The third-order valence-corrected chi connectivity index (χ3v) is 5.10. The van der Waals surface area contributed by atoms with E-state index in [4.69, 9.17) is 9.47 Å². The number of carbonyl (C=O) groups excluding carboxylic acids is 2. The van der Waals surface area contributed by atoms with E-state index in [1.165, 1.54) is 0 Å². The van der Waals surface area contributed by atoms with Gasteiger partial charge in [-0.3, -0.25) is 9.59 Å². The van der Waals surface area contributed by atoms with Gasteiger partial charge >= 0.3 is 0 Å². The smallest absolute Gasteiger partial charge is 0.228 e. The summed E-state index contributed by atoms with van der Waals surface area (Å²) >= 11 is 0. The first-order chi connectivity index (χ1) is 12.7. The second-order valence-electron chi connectivity index (χ2n) is 8.61. The summed E-state index contributed by atoms with van der Waals surface area (Å²) in [6, 6.07) is 5.65. The molecule has 1 fully saturated rings. The fourth-order valence-electron chi connectivity index (χ4n) is 3.92. The highest BCUT2D eigenvalue weighted by molar-refractivity contribution is 5.83. The van der Waals surface area contributed by atoms with Crippen LogP contribution in [0.3, 0.4) is 0 Å². The number of nitrogens with zero attached hydrogens (tertiary/aromatic N) is 2. The van der Waals surface area contributed by atoms with Crippen molar-refractivity contribution in [3.05, 3.63) is 23.8 Å². The molecule has 6 heteroatoms. The van der Waals surface area contributed by atoms with Crippen LogP contribution in [0.2, 0.25) is 0 Å². The molecule has 0 aliphatic carbocycles. The quantitative estimate of drug-likeness (QED) is 0.798. The van der Waals surface area contributed by atoms with E-state index in [1.807, 2.05) is 62.6 Å². The molecule has 0 radical (unpaired) electrons. The fraction of sp³-hybridized carbons (Fsp3) is 0.619. The third kappa shape index (κ3) is 4.20. The Kier molecular flexibility index (Phi) is 5.36. The maximum Gasteiger partial charge on any atom is 0.228 e. The average molecular weight is 374 g/mol. The number of hydrogen-bond donors (Lipinski definition) is 0. The van der Waals surface area contributed by atoms with E-state index >= 15 is 0 Å². The molecule has 3 rings (SSSR count). The first-order valence-electron chi connectivity index (χ1n) is 9.66. The molecule has 0 bridgehead atoms. The topological polar surface area (TPSA) is 59.1 Å². The molecule has 0 unspecified atom stereocenters. The second-order valence-corrected chi connectivity index (χ2v) is 8.61. The maximum atomic E-state index is 13.0. The molecule has 2 aliphatic rings. The van der Waals surface area contributed by atoms with Gasteiger partial charge in [-0.05, 0) is 31.5 Å². The SMILES string of the molecule is C[C@@H]1CN(C(=O)C(C)(C)C)C[C@H](C)N1C(=O)Cc1ccc2c(c1)OCCO2. The summed E-state index contributed by atoms with van der Waals surface area (Å²) < 4.78 is 11.1. The molecule has 6 nitrogen and oxygen atoms in total. The van der Waals surface area contributed by atoms with Gasteiger partial charge in [-0.15, -0.1) is 0 Å². The zero-order valence-electron chi connectivity index (χ0n) is 16.9. The van der Waals surface area contributed by atoms with Gasteiger partial charge in [-0.25, -0.2) is 0 Å². The minimum absolute atomic E-state index is 0.00948. The number of fused-ring (bicyclic) bond motifs is 1.